The summed E-state index contributed by atoms with van der Waals surface area (Å²) in [6.45, 7) is 0.595. The summed E-state index contributed by atoms with van der Waals surface area (Å²) in [5.74, 6) is 1.42. The van der Waals surface area contributed by atoms with E-state index in [1.165, 1.54) is 16.7 Å². The molecule has 0 unspecified atom stereocenters. The highest BCUT2D eigenvalue weighted by atomic mass is 32.2. The van der Waals surface area contributed by atoms with Gasteiger partial charge < -0.3 is 0 Å². The van der Waals surface area contributed by atoms with E-state index in [-0.39, 0.29) is 4.90 Å². The third kappa shape index (κ3) is 1.59. The van der Waals surface area contributed by atoms with E-state index >= 15 is 0 Å². The number of aromatic amines is 1. The SMILES string of the molecule is O=S(=O)(c1cn[nH]c1)N1CCSC1. The molecular weight excluding hydrogens is 210 g/mol. The van der Waals surface area contributed by atoms with Crippen LogP contribution in [0.2, 0.25) is 0 Å². The molecule has 0 atom stereocenters. The van der Waals surface area contributed by atoms with Crippen LogP contribution in [0, 0.1) is 0 Å². The highest BCUT2D eigenvalue weighted by molar-refractivity contribution is 8.00. The van der Waals surface area contributed by atoms with Gasteiger partial charge in [-0.2, -0.15) is 9.40 Å². The number of thioether (sulfide) groups is 1. The van der Waals surface area contributed by atoms with Crippen LogP contribution in [-0.2, 0) is 10.0 Å². The summed E-state index contributed by atoms with van der Waals surface area (Å²) >= 11 is 1.62. The fraction of sp³-hybridized carbons (Fsp3) is 0.500. The smallest absolute Gasteiger partial charge is 0.246 e. The van der Waals surface area contributed by atoms with E-state index in [4.69, 9.17) is 0 Å². The summed E-state index contributed by atoms with van der Waals surface area (Å²) in [5, 5.41) is 6.12. The van der Waals surface area contributed by atoms with Crippen LogP contribution in [-0.4, -0.2) is 41.1 Å². The molecule has 0 radical (unpaired) electrons. The molecule has 0 bridgehead atoms. The van der Waals surface area contributed by atoms with Crippen LogP contribution in [0.15, 0.2) is 17.3 Å². The van der Waals surface area contributed by atoms with Gasteiger partial charge in [0.05, 0.1) is 12.1 Å². The third-order valence-corrected chi connectivity index (χ3v) is 4.77. The first-order valence-corrected chi connectivity index (χ1v) is 6.37. The quantitative estimate of drug-likeness (QED) is 0.766. The Kier molecular flexibility index (Phi) is 2.31. The number of nitrogens with zero attached hydrogens (tertiary/aromatic N) is 2. The van der Waals surface area contributed by atoms with Gasteiger partial charge in [-0.15, -0.1) is 11.8 Å². The van der Waals surface area contributed by atoms with Crippen molar-refractivity contribution in [2.45, 2.75) is 4.90 Å². The van der Waals surface area contributed by atoms with Gasteiger partial charge in [-0.1, -0.05) is 0 Å². The Morgan fingerprint density at radius 2 is 2.46 bits per heavy atom. The lowest BCUT2D eigenvalue weighted by atomic mass is 10.7. The van der Waals surface area contributed by atoms with Crippen LogP contribution in [0.25, 0.3) is 0 Å². The molecule has 0 amide bonds. The monoisotopic (exact) mass is 219 g/mol. The van der Waals surface area contributed by atoms with Gasteiger partial charge in [-0.3, -0.25) is 5.10 Å². The Balaban J connectivity index is 2.30. The van der Waals surface area contributed by atoms with E-state index in [9.17, 15) is 8.42 Å². The summed E-state index contributed by atoms with van der Waals surface area (Å²) < 4.78 is 25.0. The second kappa shape index (κ2) is 3.32. The highest BCUT2D eigenvalue weighted by Gasteiger charge is 2.27. The molecule has 1 saturated heterocycles. The van der Waals surface area contributed by atoms with E-state index in [1.807, 2.05) is 0 Å². The molecule has 2 rings (SSSR count). The molecule has 0 aliphatic carbocycles. The molecule has 5 nitrogen and oxygen atoms in total. The minimum Gasteiger partial charge on any atom is -0.284 e. The molecule has 1 fully saturated rings. The van der Waals surface area contributed by atoms with Gasteiger partial charge in [0.25, 0.3) is 0 Å². The van der Waals surface area contributed by atoms with Crippen LogP contribution in [0.3, 0.4) is 0 Å². The summed E-state index contributed by atoms with van der Waals surface area (Å²) in [7, 11) is -3.28. The first-order chi connectivity index (χ1) is 6.21. The van der Waals surface area contributed by atoms with Crippen LogP contribution >= 0.6 is 11.8 Å². The molecule has 1 aromatic rings. The van der Waals surface area contributed by atoms with Crippen LogP contribution in [0.4, 0.5) is 0 Å². The molecule has 1 aromatic heterocycles. The Hall–Kier alpha value is -0.530. The van der Waals surface area contributed by atoms with Crippen molar-refractivity contribution in [3.63, 3.8) is 0 Å². The average Bonchev–Trinajstić information content (AvgIpc) is 2.78. The predicted octanol–water partition coefficient (Wildman–Crippen LogP) is 0.105. The number of hydrogen-bond donors (Lipinski definition) is 1. The molecule has 1 N–H and O–H groups in total. The van der Waals surface area contributed by atoms with E-state index in [0.29, 0.717) is 12.4 Å². The van der Waals surface area contributed by atoms with Gasteiger partial charge >= 0.3 is 0 Å². The molecule has 7 heteroatoms. The number of aromatic nitrogens is 2. The predicted molar refractivity (Wildman–Crippen MR) is 49.8 cm³/mol. The third-order valence-electron chi connectivity index (χ3n) is 1.83. The molecule has 1 aliphatic rings. The van der Waals surface area contributed by atoms with Gasteiger partial charge in [0, 0.05) is 18.5 Å². The maximum Gasteiger partial charge on any atom is 0.246 e. The lowest BCUT2D eigenvalue weighted by molar-refractivity contribution is 0.489. The Morgan fingerprint density at radius 3 is 3.00 bits per heavy atom. The normalized spacial score (nSPS) is 19.4. The topological polar surface area (TPSA) is 66.1 Å². The van der Waals surface area contributed by atoms with Crippen molar-refractivity contribution in [2.24, 2.45) is 0 Å². The van der Waals surface area contributed by atoms with Crippen molar-refractivity contribution in [1.82, 2.24) is 14.5 Å². The zero-order chi connectivity index (χ0) is 9.31. The molecule has 2 heterocycles. The zero-order valence-corrected chi connectivity index (χ0v) is 8.44. The lowest BCUT2D eigenvalue weighted by Gasteiger charge is -2.12. The molecule has 0 spiro atoms. The maximum atomic E-state index is 11.7. The lowest BCUT2D eigenvalue weighted by Crippen LogP contribution is -2.27. The van der Waals surface area contributed by atoms with Crippen LogP contribution in [0.1, 0.15) is 0 Å². The van der Waals surface area contributed by atoms with Gasteiger partial charge in [0.1, 0.15) is 4.90 Å². The van der Waals surface area contributed by atoms with Crippen molar-refractivity contribution < 1.29 is 8.42 Å². The van der Waals surface area contributed by atoms with Gasteiger partial charge in [-0.05, 0) is 0 Å². The summed E-state index contributed by atoms with van der Waals surface area (Å²) in [4.78, 5) is 0.245. The highest BCUT2D eigenvalue weighted by Crippen LogP contribution is 2.21. The van der Waals surface area contributed by atoms with Crippen LogP contribution < -0.4 is 0 Å². The minimum atomic E-state index is -3.28. The zero-order valence-electron chi connectivity index (χ0n) is 6.80. The van der Waals surface area contributed by atoms with Gasteiger partial charge in [0.15, 0.2) is 0 Å². The molecular formula is C6H9N3O2S2. The molecule has 13 heavy (non-hydrogen) atoms. The number of nitrogens with one attached hydrogen (secondary N) is 1. The number of rotatable bonds is 2. The first kappa shape index (κ1) is 9.04. The van der Waals surface area contributed by atoms with Gasteiger partial charge in [0.2, 0.25) is 10.0 Å². The van der Waals surface area contributed by atoms with Crippen molar-refractivity contribution in [3.05, 3.63) is 12.4 Å². The molecule has 0 saturated carbocycles. The van der Waals surface area contributed by atoms with Crippen molar-refractivity contribution in [1.29, 1.82) is 0 Å². The second-order valence-electron chi connectivity index (χ2n) is 2.65. The maximum absolute atomic E-state index is 11.7. The van der Waals surface area contributed by atoms with Crippen molar-refractivity contribution in [2.75, 3.05) is 18.2 Å². The fourth-order valence-corrected chi connectivity index (χ4v) is 3.84. The number of sulfonamides is 1. The van der Waals surface area contributed by atoms with E-state index in [0.717, 1.165) is 5.75 Å². The van der Waals surface area contributed by atoms with Crippen molar-refractivity contribution in [3.8, 4) is 0 Å². The minimum absolute atomic E-state index is 0.245. The summed E-state index contributed by atoms with van der Waals surface area (Å²) in [5.41, 5.74) is 0. The fourth-order valence-electron chi connectivity index (χ4n) is 1.12. The first-order valence-electron chi connectivity index (χ1n) is 3.78. The largest absolute Gasteiger partial charge is 0.284 e. The standard InChI is InChI=1S/C6H9N3O2S2/c10-13(11,6-3-7-8-4-6)9-1-2-12-5-9/h3-4H,1-2,5H2,(H,7,8). The van der Waals surface area contributed by atoms with E-state index in [2.05, 4.69) is 10.2 Å². The van der Waals surface area contributed by atoms with Crippen LogP contribution in [0.5, 0.6) is 0 Å². The van der Waals surface area contributed by atoms with E-state index < -0.39 is 10.0 Å². The number of hydrogen-bond acceptors (Lipinski definition) is 4. The Labute approximate surface area is 80.6 Å². The molecule has 1 aliphatic heterocycles. The molecule has 72 valence electrons. The summed E-state index contributed by atoms with van der Waals surface area (Å²) in [6.07, 6.45) is 2.73. The second-order valence-corrected chi connectivity index (χ2v) is 5.66. The average molecular weight is 219 g/mol. The molecule has 0 aromatic carbocycles. The van der Waals surface area contributed by atoms with E-state index in [1.54, 1.807) is 11.8 Å². The van der Waals surface area contributed by atoms with Gasteiger partial charge in [-0.25, -0.2) is 8.42 Å². The summed E-state index contributed by atoms with van der Waals surface area (Å²) in [6, 6.07) is 0. The number of H-pyrrole nitrogens is 1. The Bertz CT molecular complexity index is 367. The van der Waals surface area contributed by atoms with Crippen molar-refractivity contribution >= 4 is 21.8 Å². The Morgan fingerprint density at radius 1 is 1.62 bits per heavy atom.